The molecule has 0 heterocycles. The number of rotatable bonds is 6. The maximum atomic E-state index is 12.0. The lowest BCUT2D eigenvalue weighted by Crippen LogP contribution is -2.40. The van der Waals surface area contributed by atoms with Crippen molar-refractivity contribution >= 4 is 5.97 Å². The molecule has 0 bridgehead atoms. The number of ether oxygens (including phenoxy) is 2. The summed E-state index contributed by atoms with van der Waals surface area (Å²) < 4.78 is 10.9. The van der Waals surface area contributed by atoms with Crippen LogP contribution in [0, 0.1) is 0 Å². The van der Waals surface area contributed by atoms with Crippen molar-refractivity contribution in [3.05, 3.63) is 59.7 Å². The van der Waals surface area contributed by atoms with E-state index in [-0.39, 0.29) is 5.75 Å². The predicted molar refractivity (Wildman–Crippen MR) is 88.7 cm³/mol. The summed E-state index contributed by atoms with van der Waals surface area (Å²) in [4.78, 5) is 12.0. The van der Waals surface area contributed by atoms with Crippen LogP contribution in [0.1, 0.15) is 31.9 Å². The monoisotopic (exact) mass is 314 g/mol. The summed E-state index contributed by atoms with van der Waals surface area (Å²) in [5.74, 6) is 0.306. The number of benzene rings is 2. The van der Waals surface area contributed by atoms with E-state index in [0.717, 1.165) is 11.1 Å². The highest BCUT2D eigenvalue weighted by Gasteiger charge is 2.32. The Morgan fingerprint density at radius 2 is 1.83 bits per heavy atom. The second kappa shape index (κ2) is 7.18. The predicted octanol–water partition coefficient (Wildman–Crippen LogP) is 3.70. The molecule has 23 heavy (non-hydrogen) atoms. The zero-order valence-corrected chi connectivity index (χ0v) is 13.7. The van der Waals surface area contributed by atoms with Crippen LogP contribution < -0.4 is 4.74 Å². The van der Waals surface area contributed by atoms with Crippen molar-refractivity contribution in [2.24, 2.45) is 0 Å². The van der Waals surface area contributed by atoms with E-state index >= 15 is 0 Å². The van der Waals surface area contributed by atoms with Crippen LogP contribution in [-0.4, -0.2) is 23.3 Å². The van der Waals surface area contributed by atoms with E-state index in [9.17, 15) is 9.90 Å². The Morgan fingerprint density at radius 1 is 1.13 bits per heavy atom. The summed E-state index contributed by atoms with van der Waals surface area (Å²) in [6.07, 6.45) is 0.601. The molecular weight excluding hydrogens is 292 g/mol. The molecular formula is C19H22O4. The van der Waals surface area contributed by atoms with Gasteiger partial charge in [0.25, 0.3) is 0 Å². The van der Waals surface area contributed by atoms with Gasteiger partial charge in [0.2, 0.25) is 0 Å². The number of phenols is 1. The summed E-state index contributed by atoms with van der Waals surface area (Å²) in [5.41, 5.74) is 0.809. The molecule has 0 fully saturated rings. The fourth-order valence-electron chi connectivity index (χ4n) is 2.24. The van der Waals surface area contributed by atoms with Gasteiger partial charge in [-0.25, -0.2) is 4.79 Å². The quantitative estimate of drug-likeness (QED) is 0.826. The van der Waals surface area contributed by atoms with Gasteiger partial charge in [0.1, 0.15) is 11.5 Å². The molecule has 0 unspecified atom stereocenters. The first kappa shape index (κ1) is 16.9. The van der Waals surface area contributed by atoms with E-state index < -0.39 is 11.6 Å². The Kier molecular flexibility index (Phi) is 5.27. The molecule has 0 atom stereocenters. The lowest BCUT2D eigenvalue weighted by atomic mass is 10.0. The minimum absolute atomic E-state index is 0.164. The minimum Gasteiger partial charge on any atom is -0.508 e. The molecule has 2 aromatic carbocycles. The molecule has 0 saturated carbocycles. The van der Waals surface area contributed by atoms with Crippen LogP contribution in [0.2, 0.25) is 0 Å². The van der Waals surface area contributed by atoms with Crippen molar-refractivity contribution < 1.29 is 19.4 Å². The van der Waals surface area contributed by atoms with Crippen LogP contribution in [0.15, 0.2) is 48.5 Å². The van der Waals surface area contributed by atoms with Crippen LogP contribution in [0.5, 0.6) is 11.5 Å². The van der Waals surface area contributed by atoms with Gasteiger partial charge in [-0.3, -0.25) is 0 Å². The SMILES string of the molecule is CCOC(=O)C(C)(C)Oc1ccc(O)cc1Cc1ccccc1. The van der Waals surface area contributed by atoms with Gasteiger partial charge < -0.3 is 14.6 Å². The number of aromatic hydroxyl groups is 1. The summed E-state index contributed by atoms with van der Waals surface area (Å²) in [5, 5.41) is 9.76. The number of phenolic OH excluding ortho intramolecular Hbond substituents is 1. The van der Waals surface area contributed by atoms with E-state index in [1.165, 1.54) is 0 Å². The highest BCUT2D eigenvalue weighted by Crippen LogP contribution is 2.29. The van der Waals surface area contributed by atoms with Gasteiger partial charge in [0.05, 0.1) is 6.61 Å². The van der Waals surface area contributed by atoms with Crippen molar-refractivity contribution in [1.82, 2.24) is 0 Å². The average Bonchev–Trinajstić information content (AvgIpc) is 2.51. The third kappa shape index (κ3) is 4.49. The summed E-state index contributed by atoms with van der Waals surface area (Å²) >= 11 is 0. The van der Waals surface area contributed by atoms with Crippen LogP contribution >= 0.6 is 0 Å². The Morgan fingerprint density at radius 3 is 2.48 bits per heavy atom. The number of esters is 1. The Bertz CT molecular complexity index is 662. The zero-order chi connectivity index (χ0) is 16.9. The molecule has 0 aliphatic rings. The summed E-state index contributed by atoms with van der Waals surface area (Å²) in [7, 11) is 0. The van der Waals surface area contributed by atoms with Crippen molar-refractivity contribution in [2.75, 3.05) is 6.61 Å². The van der Waals surface area contributed by atoms with Gasteiger partial charge in [0.15, 0.2) is 5.60 Å². The average molecular weight is 314 g/mol. The molecule has 4 nitrogen and oxygen atoms in total. The van der Waals surface area contributed by atoms with Crippen molar-refractivity contribution in [3.63, 3.8) is 0 Å². The van der Waals surface area contributed by atoms with Gasteiger partial charge in [0, 0.05) is 12.0 Å². The van der Waals surface area contributed by atoms with Crippen LogP contribution in [0.3, 0.4) is 0 Å². The van der Waals surface area contributed by atoms with Gasteiger partial charge in [-0.2, -0.15) is 0 Å². The van der Waals surface area contributed by atoms with Crippen LogP contribution in [-0.2, 0) is 16.0 Å². The number of carbonyl (C=O) groups excluding carboxylic acids is 1. The van der Waals surface area contributed by atoms with E-state index in [1.54, 1.807) is 39.0 Å². The van der Waals surface area contributed by atoms with Gasteiger partial charge in [-0.15, -0.1) is 0 Å². The standard InChI is InChI=1S/C19H22O4/c1-4-22-18(21)19(2,3)23-17-11-10-16(20)13-15(17)12-14-8-6-5-7-9-14/h5-11,13,20H,4,12H2,1-3H3. The highest BCUT2D eigenvalue weighted by atomic mass is 16.6. The molecule has 0 spiro atoms. The maximum Gasteiger partial charge on any atom is 0.349 e. The van der Waals surface area contributed by atoms with E-state index in [2.05, 4.69) is 0 Å². The van der Waals surface area contributed by atoms with Gasteiger partial charge in [-0.1, -0.05) is 30.3 Å². The lowest BCUT2D eigenvalue weighted by molar-refractivity contribution is -0.158. The maximum absolute atomic E-state index is 12.0. The summed E-state index contributed by atoms with van der Waals surface area (Å²) in [6, 6.07) is 14.8. The molecule has 0 radical (unpaired) electrons. The minimum atomic E-state index is -1.10. The van der Waals surface area contributed by atoms with Gasteiger partial charge in [-0.05, 0) is 44.5 Å². The first-order valence-electron chi connectivity index (χ1n) is 7.64. The van der Waals surface area contributed by atoms with Crippen LogP contribution in [0.4, 0.5) is 0 Å². The second-order valence-electron chi connectivity index (χ2n) is 5.79. The highest BCUT2D eigenvalue weighted by molar-refractivity contribution is 5.79. The fourth-order valence-corrected chi connectivity index (χ4v) is 2.24. The molecule has 0 amide bonds. The van der Waals surface area contributed by atoms with E-state index in [1.807, 2.05) is 30.3 Å². The Labute approximate surface area is 136 Å². The smallest absolute Gasteiger partial charge is 0.349 e. The Hall–Kier alpha value is -2.49. The van der Waals surface area contributed by atoms with Crippen LogP contribution in [0.25, 0.3) is 0 Å². The fraction of sp³-hybridized carbons (Fsp3) is 0.316. The molecule has 4 heteroatoms. The number of hydrogen-bond acceptors (Lipinski definition) is 4. The molecule has 0 aliphatic carbocycles. The molecule has 122 valence electrons. The number of carbonyl (C=O) groups is 1. The molecule has 0 aliphatic heterocycles. The first-order chi connectivity index (χ1) is 10.9. The number of hydrogen-bond donors (Lipinski definition) is 1. The molecule has 2 rings (SSSR count). The molecule has 1 N–H and O–H groups in total. The van der Waals surface area contributed by atoms with Crippen molar-refractivity contribution in [2.45, 2.75) is 32.8 Å². The van der Waals surface area contributed by atoms with Crippen molar-refractivity contribution in [1.29, 1.82) is 0 Å². The third-order valence-electron chi connectivity index (χ3n) is 3.41. The molecule has 2 aromatic rings. The topological polar surface area (TPSA) is 55.8 Å². The normalized spacial score (nSPS) is 11.1. The van der Waals surface area contributed by atoms with E-state index in [0.29, 0.717) is 18.8 Å². The second-order valence-corrected chi connectivity index (χ2v) is 5.79. The first-order valence-corrected chi connectivity index (χ1v) is 7.64. The Balaban J connectivity index is 2.26. The van der Waals surface area contributed by atoms with Gasteiger partial charge >= 0.3 is 5.97 Å². The third-order valence-corrected chi connectivity index (χ3v) is 3.41. The zero-order valence-electron chi connectivity index (χ0n) is 13.7. The molecule has 0 saturated heterocycles. The molecule has 0 aromatic heterocycles. The summed E-state index contributed by atoms with van der Waals surface area (Å²) in [6.45, 7) is 5.40. The van der Waals surface area contributed by atoms with E-state index in [4.69, 9.17) is 9.47 Å². The largest absolute Gasteiger partial charge is 0.508 e. The van der Waals surface area contributed by atoms with Crippen molar-refractivity contribution in [3.8, 4) is 11.5 Å². The lowest BCUT2D eigenvalue weighted by Gasteiger charge is -2.25.